The lowest BCUT2D eigenvalue weighted by Gasteiger charge is -2.19. The molecule has 0 amide bonds. The zero-order valence-electron chi connectivity index (χ0n) is 18.4. The van der Waals surface area contributed by atoms with E-state index in [0.29, 0.717) is 21.7 Å². The number of anilines is 1. The van der Waals surface area contributed by atoms with E-state index in [2.05, 4.69) is 4.72 Å². The van der Waals surface area contributed by atoms with Crippen LogP contribution in [-0.2, 0) is 10.0 Å². The Morgan fingerprint density at radius 1 is 0.889 bits per heavy atom. The number of carboxylic acid groups (broad SMARTS) is 2. The van der Waals surface area contributed by atoms with Crippen LogP contribution in [0.2, 0.25) is 5.02 Å². The Bertz CT molecular complexity index is 1510. The first-order chi connectivity index (χ1) is 17.0. The van der Waals surface area contributed by atoms with Crippen LogP contribution in [0.4, 0.5) is 5.69 Å². The van der Waals surface area contributed by atoms with Crippen molar-refractivity contribution in [3.05, 3.63) is 107 Å². The average molecular weight is 525 g/mol. The van der Waals surface area contributed by atoms with Crippen LogP contribution in [0.15, 0.2) is 83.8 Å². The number of hydrogen-bond acceptors (Lipinski definition) is 5. The number of carboxylic acids is 2. The van der Waals surface area contributed by atoms with E-state index in [1.54, 1.807) is 61.0 Å². The molecule has 10 heteroatoms. The number of sulfonamides is 1. The van der Waals surface area contributed by atoms with Crippen molar-refractivity contribution in [2.45, 2.75) is 11.0 Å². The van der Waals surface area contributed by atoms with Gasteiger partial charge in [0.1, 0.15) is 0 Å². The Morgan fingerprint density at radius 2 is 1.53 bits per heavy atom. The number of hydrogen-bond donors (Lipinski definition) is 4. The van der Waals surface area contributed by atoms with Gasteiger partial charge in [-0.15, -0.1) is 5.57 Å². The molecule has 36 heavy (non-hydrogen) atoms. The first-order valence-electron chi connectivity index (χ1n) is 10.5. The molecule has 0 spiro atoms. The molecule has 0 bridgehead atoms. The molecule has 0 unspecified atom stereocenters. The predicted octanol–water partition coefficient (Wildman–Crippen LogP) is 4.72. The summed E-state index contributed by atoms with van der Waals surface area (Å²) in [5.41, 5.74) is 0.509. The minimum atomic E-state index is -4.30. The van der Waals surface area contributed by atoms with Gasteiger partial charge in [0.15, 0.2) is 0 Å². The lowest BCUT2D eigenvalue weighted by atomic mass is 9.97. The van der Waals surface area contributed by atoms with Crippen LogP contribution in [0.3, 0.4) is 0 Å². The van der Waals surface area contributed by atoms with Crippen molar-refractivity contribution >= 4 is 44.8 Å². The summed E-state index contributed by atoms with van der Waals surface area (Å²) in [6, 6.07) is 14.5. The number of aromatic carboxylic acids is 2. The molecule has 0 radical (unpaired) electrons. The quantitative estimate of drug-likeness (QED) is 0.327. The molecule has 1 aliphatic carbocycles. The van der Waals surface area contributed by atoms with Crippen LogP contribution >= 0.6 is 11.6 Å². The van der Waals surface area contributed by atoms with Gasteiger partial charge in [-0.2, -0.15) is 6.42 Å². The molecule has 0 saturated carbocycles. The molecule has 4 rings (SSSR count). The van der Waals surface area contributed by atoms with E-state index in [4.69, 9.17) is 11.6 Å². The minimum absolute atomic E-state index is 0.163. The smallest absolute Gasteiger partial charge is 0.338 e. The van der Waals surface area contributed by atoms with Crippen molar-refractivity contribution in [1.82, 2.24) is 0 Å². The molecular formula is C26H19ClNO7S-. The zero-order valence-corrected chi connectivity index (χ0v) is 20.0. The largest absolute Gasteiger partial charge is 0.478 e. The van der Waals surface area contributed by atoms with E-state index >= 15 is 0 Å². The first kappa shape index (κ1) is 25.1. The van der Waals surface area contributed by atoms with Crippen LogP contribution in [0.1, 0.15) is 26.3 Å². The highest BCUT2D eigenvalue weighted by molar-refractivity contribution is 7.92. The van der Waals surface area contributed by atoms with Crippen molar-refractivity contribution in [3.8, 4) is 11.1 Å². The van der Waals surface area contributed by atoms with Gasteiger partial charge >= 0.3 is 11.9 Å². The van der Waals surface area contributed by atoms with Gasteiger partial charge in [0, 0.05) is 11.1 Å². The number of halogens is 1. The standard InChI is InChI=1S/C26H19ClNO7S/c27-19-8-4-16(5-9-19)18-13-22(25(30)31)24(26(32)33)23(14-18)28-36(34,35)21-10-6-15(7-11-21)17-2-1-3-20(29)12-17/h1-14,20,28-29H,(H,30,31)(H,32,33)/q-1/t20-/m0/s1. The van der Waals surface area contributed by atoms with E-state index in [9.17, 15) is 33.3 Å². The molecule has 8 nitrogen and oxygen atoms in total. The topological polar surface area (TPSA) is 141 Å². The molecule has 4 N–H and O–H groups in total. The summed E-state index contributed by atoms with van der Waals surface area (Å²) in [7, 11) is -4.30. The van der Waals surface area contributed by atoms with Crippen LogP contribution in [-0.4, -0.2) is 41.8 Å². The highest BCUT2D eigenvalue weighted by Gasteiger charge is 2.25. The van der Waals surface area contributed by atoms with Crippen LogP contribution in [0.25, 0.3) is 16.7 Å². The molecule has 1 atom stereocenters. The SMILES string of the molecule is O=C(O)c1cc(-c2ccc(Cl)cc2)cc(NS(=O)(=O)c2ccc(C3=C[C@@H](O)[CH-]C=C3)cc2)c1C(=O)O. The number of carbonyl (C=O) groups is 2. The van der Waals surface area contributed by atoms with Gasteiger partial charge in [0.05, 0.1) is 21.7 Å². The number of allylic oxidation sites excluding steroid dienone is 2. The Kier molecular flexibility index (Phi) is 6.89. The minimum Gasteiger partial charge on any atom is -0.478 e. The molecule has 1 aliphatic rings. The second kappa shape index (κ2) is 9.90. The molecular weight excluding hydrogens is 506 g/mol. The third-order valence-corrected chi connectivity index (χ3v) is 7.07. The van der Waals surface area contributed by atoms with E-state index in [1.165, 1.54) is 24.3 Å². The predicted molar refractivity (Wildman–Crippen MR) is 135 cm³/mol. The highest BCUT2D eigenvalue weighted by Crippen LogP contribution is 2.32. The fourth-order valence-corrected chi connectivity index (χ4v) is 4.91. The van der Waals surface area contributed by atoms with Gasteiger partial charge in [-0.05, 0) is 53.1 Å². The van der Waals surface area contributed by atoms with Gasteiger partial charge in [0.2, 0.25) is 0 Å². The molecule has 0 aromatic heterocycles. The van der Waals surface area contributed by atoms with Gasteiger partial charge in [-0.3, -0.25) is 4.72 Å². The summed E-state index contributed by atoms with van der Waals surface area (Å²) in [5, 5.41) is 29.6. The Labute approximate surface area is 211 Å². The third kappa shape index (κ3) is 5.28. The van der Waals surface area contributed by atoms with E-state index in [1.807, 2.05) is 0 Å². The maximum Gasteiger partial charge on any atom is 0.338 e. The van der Waals surface area contributed by atoms with Crippen molar-refractivity contribution in [1.29, 1.82) is 0 Å². The molecule has 0 fully saturated rings. The van der Waals surface area contributed by atoms with Gasteiger partial charge in [-0.25, -0.2) is 30.2 Å². The average Bonchev–Trinajstić information content (AvgIpc) is 2.83. The van der Waals surface area contributed by atoms with Gasteiger partial charge in [0.25, 0.3) is 10.0 Å². The normalized spacial score (nSPS) is 15.1. The number of nitrogens with one attached hydrogen (secondary N) is 1. The lowest BCUT2D eigenvalue weighted by molar-refractivity contribution is 0.0652. The van der Waals surface area contributed by atoms with Crippen LogP contribution < -0.4 is 4.72 Å². The van der Waals surface area contributed by atoms with E-state index < -0.39 is 44.9 Å². The first-order valence-corrected chi connectivity index (χ1v) is 12.4. The Hall–Kier alpha value is -4.05. The summed E-state index contributed by atoms with van der Waals surface area (Å²) in [6.07, 6.45) is 5.91. The van der Waals surface area contributed by atoms with Gasteiger partial charge < -0.3 is 15.3 Å². The summed E-state index contributed by atoms with van der Waals surface area (Å²) >= 11 is 5.92. The molecule has 0 saturated heterocycles. The maximum absolute atomic E-state index is 13.1. The molecule has 3 aromatic carbocycles. The van der Waals surface area contributed by atoms with E-state index in [0.717, 1.165) is 0 Å². The molecule has 0 aliphatic heterocycles. The monoisotopic (exact) mass is 524 g/mol. The number of aliphatic hydroxyl groups is 1. The summed E-state index contributed by atoms with van der Waals surface area (Å²) < 4.78 is 28.5. The van der Waals surface area contributed by atoms with E-state index in [-0.39, 0.29) is 10.5 Å². The zero-order chi connectivity index (χ0) is 26.0. The fourth-order valence-electron chi connectivity index (χ4n) is 3.72. The fraction of sp³-hybridized carbons (Fsp3) is 0.0385. The summed E-state index contributed by atoms with van der Waals surface area (Å²) in [5.74, 6) is -3.13. The summed E-state index contributed by atoms with van der Waals surface area (Å²) in [4.78, 5) is 23.7. The second-order valence-corrected chi connectivity index (χ2v) is 9.98. The van der Waals surface area contributed by atoms with Crippen LogP contribution in [0, 0.1) is 6.42 Å². The molecule has 0 heterocycles. The number of benzene rings is 3. The summed E-state index contributed by atoms with van der Waals surface area (Å²) in [6.45, 7) is 0. The third-order valence-electron chi connectivity index (χ3n) is 5.44. The number of rotatable bonds is 7. The van der Waals surface area contributed by atoms with Gasteiger partial charge in [-0.1, -0.05) is 41.9 Å². The van der Waals surface area contributed by atoms with Crippen molar-refractivity contribution in [2.75, 3.05) is 4.72 Å². The Balaban J connectivity index is 1.76. The second-order valence-electron chi connectivity index (χ2n) is 7.86. The van der Waals surface area contributed by atoms with Crippen LogP contribution in [0.5, 0.6) is 0 Å². The highest BCUT2D eigenvalue weighted by atomic mass is 35.5. The van der Waals surface area contributed by atoms with Crippen molar-refractivity contribution in [3.63, 3.8) is 0 Å². The van der Waals surface area contributed by atoms with Crippen molar-refractivity contribution < 1.29 is 33.3 Å². The molecule has 3 aromatic rings. The Morgan fingerprint density at radius 3 is 2.11 bits per heavy atom. The van der Waals surface area contributed by atoms with Crippen molar-refractivity contribution in [2.24, 2.45) is 0 Å². The lowest BCUT2D eigenvalue weighted by Crippen LogP contribution is -2.18. The molecule has 184 valence electrons. The maximum atomic E-state index is 13.1. The number of aliphatic hydroxyl groups excluding tert-OH is 1.